The van der Waals surface area contributed by atoms with Crippen molar-refractivity contribution in [1.82, 2.24) is 8.87 Å². The molecule has 0 saturated heterocycles. The summed E-state index contributed by atoms with van der Waals surface area (Å²) in [7, 11) is -1.77. The van der Waals surface area contributed by atoms with Crippen molar-refractivity contribution in [2.75, 3.05) is 0 Å². The summed E-state index contributed by atoms with van der Waals surface area (Å²) in [5.74, 6) is 0. The fourth-order valence-electron chi connectivity index (χ4n) is 2.63. The Morgan fingerprint density at radius 1 is 1.16 bits per heavy atom. The predicted molar refractivity (Wildman–Crippen MR) is 102 cm³/mol. The van der Waals surface area contributed by atoms with Crippen LogP contribution in [0.4, 0.5) is 0 Å². The molecule has 3 aromatic rings. The van der Waals surface area contributed by atoms with Gasteiger partial charge in [-0.05, 0) is 48.2 Å². The lowest BCUT2D eigenvalue weighted by Gasteiger charge is -2.23. The highest BCUT2D eigenvalue weighted by molar-refractivity contribution is 7.89. The number of halogens is 1. The molecule has 1 aromatic carbocycles. The molecule has 2 heterocycles. The van der Waals surface area contributed by atoms with E-state index < -0.39 is 10.0 Å². The third kappa shape index (κ3) is 3.98. The first-order valence-electron chi connectivity index (χ1n) is 7.77. The van der Waals surface area contributed by atoms with Gasteiger partial charge in [0.05, 0.1) is 11.4 Å². The third-order valence-corrected chi connectivity index (χ3v) is 7.10. The Morgan fingerprint density at radius 3 is 2.60 bits per heavy atom. The molecule has 0 N–H and O–H groups in total. The molecule has 2 aromatic heterocycles. The van der Waals surface area contributed by atoms with Crippen molar-refractivity contribution in [2.45, 2.75) is 24.9 Å². The highest BCUT2D eigenvalue weighted by atomic mass is 35.5. The molecule has 0 atom stereocenters. The third-order valence-electron chi connectivity index (χ3n) is 4.07. The Morgan fingerprint density at radius 2 is 1.96 bits per heavy atom. The molecule has 0 fully saturated rings. The van der Waals surface area contributed by atoms with Gasteiger partial charge in [0, 0.05) is 35.4 Å². The highest BCUT2D eigenvalue weighted by Gasteiger charge is 2.27. The molecule has 3 rings (SSSR count). The fraction of sp³-hybridized carbons (Fsp3) is 0.222. The molecule has 0 bridgehead atoms. The summed E-state index contributed by atoms with van der Waals surface area (Å²) in [4.78, 5) is 1.25. The van der Waals surface area contributed by atoms with Gasteiger partial charge in [0.15, 0.2) is 0 Å². The molecule has 0 aliphatic carbocycles. The van der Waals surface area contributed by atoms with E-state index in [1.54, 1.807) is 30.4 Å². The summed E-state index contributed by atoms with van der Waals surface area (Å²) >= 11 is 7.60. The number of hydrogen-bond acceptors (Lipinski definition) is 3. The lowest BCUT2D eigenvalue weighted by atomic mass is 10.2. The van der Waals surface area contributed by atoms with Gasteiger partial charge in [0.1, 0.15) is 0 Å². The Labute approximate surface area is 157 Å². The molecule has 25 heavy (non-hydrogen) atoms. The van der Waals surface area contributed by atoms with Crippen LogP contribution in [0.25, 0.3) is 0 Å². The zero-order valence-corrected chi connectivity index (χ0v) is 16.4. The molecule has 132 valence electrons. The summed E-state index contributed by atoms with van der Waals surface area (Å²) in [5.41, 5.74) is 1.62. The van der Waals surface area contributed by atoms with E-state index in [1.165, 1.54) is 10.4 Å². The Hall–Kier alpha value is -1.60. The minimum atomic E-state index is -3.68. The van der Waals surface area contributed by atoms with Gasteiger partial charge in [-0.25, -0.2) is 8.42 Å². The van der Waals surface area contributed by atoms with E-state index in [9.17, 15) is 8.42 Å². The average Bonchev–Trinajstić information content (AvgIpc) is 3.21. The Kier molecular flexibility index (Phi) is 5.34. The quantitative estimate of drug-likeness (QED) is 0.620. The van der Waals surface area contributed by atoms with E-state index in [4.69, 9.17) is 11.6 Å². The Bertz CT molecular complexity index is 963. The van der Waals surface area contributed by atoms with Crippen molar-refractivity contribution in [2.24, 2.45) is 7.05 Å². The van der Waals surface area contributed by atoms with Gasteiger partial charge in [0.25, 0.3) is 0 Å². The molecule has 0 spiro atoms. The zero-order chi connectivity index (χ0) is 18.0. The number of aromatic nitrogens is 1. The second-order valence-electron chi connectivity index (χ2n) is 5.87. The summed E-state index contributed by atoms with van der Waals surface area (Å²) in [5, 5.41) is 2.37. The van der Waals surface area contributed by atoms with Crippen LogP contribution in [0.2, 0.25) is 5.02 Å². The number of thiophene rings is 1. The van der Waals surface area contributed by atoms with Gasteiger partial charge in [-0.1, -0.05) is 23.7 Å². The summed E-state index contributed by atoms with van der Waals surface area (Å²) in [6.45, 7) is 2.42. The number of nitrogens with zero attached hydrogens (tertiary/aromatic N) is 2. The zero-order valence-electron chi connectivity index (χ0n) is 14.0. The molecule has 0 aliphatic rings. The lowest BCUT2D eigenvalue weighted by molar-refractivity contribution is 0.395. The van der Waals surface area contributed by atoms with Crippen molar-refractivity contribution in [1.29, 1.82) is 0 Å². The van der Waals surface area contributed by atoms with Crippen LogP contribution in [0, 0.1) is 6.92 Å². The average molecular weight is 395 g/mol. The van der Waals surface area contributed by atoms with E-state index in [0.29, 0.717) is 23.7 Å². The van der Waals surface area contributed by atoms with Crippen molar-refractivity contribution in [3.63, 3.8) is 0 Å². The molecule has 7 heteroatoms. The first-order valence-corrected chi connectivity index (χ1v) is 10.5. The van der Waals surface area contributed by atoms with Gasteiger partial charge < -0.3 is 4.57 Å². The van der Waals surface area contributed by atoms with Gasteiger partial charge in [-0.2, -0.15) is 4.31 Å². The van der Waals surface area contributed by atoms with Crippen molar-refractivity contribution in [3.05, 3.63) is 75.2 Å². The summed E-state index contributed by atoms with van der Waals surface area (Å²) in [6, 6.07) is 12.7. The predicted octanol–water partition coefficient (Wildman–Crippen LogP) is 4.44. The highest BCUT2D eigenvalue weighted by Crippen LogP contribution is 2.27. The monoisotopic (exact) mass is 394 g/mol. The molecule has 0 aliphatic heterocycles. The van der Waals surface area contributed by atoms with Crippen LogP contribution in [-0.4, -0.2) is 17.3 Å². The van der Waals surface area contributed by atoms with Crippen molar-refractivity contribution >= 4 is 33.0 Å². The van der Waals surface area contributed by atoms with Crippen LogP contribution in [0.3, 0.4) is 0 Å². The molecular weight excluding hydrogens is 376 g/mol. The second kappa shape index (κ2) is 7.33. The number of benzene rings is 1. The number of sulfonamides is 1. The van der Waals surface area contributed by atoms with Crippen LogP contribution in [0.1, 0.15) is 16.1 Å². The molecule has 0 unspecified atom stereocenters. The standard InChI is InChI=1S/C18H19ClN2O2S2/c1-14-7-8-15(19)11-18(14)25(22,23)21(13-17-6-4-10-24-17)12-16-5-3-9-20(16)2/h3-11H,12-13H2,1-2H3. The topological polar surface area (TPSA) is 42.3 Å². The maximum Gasteiger partial charge on any atom is 0.244 e. The first kappa shape index (κ1) is 18.2. The maximum absolute atomic E-state index is 13.3. The summed E-state index contributed by atoms with van der Waals surface area (Å²) < 4.78 is 30.1. The lowest BCUT2D eigenvalue weighted by Crippen LogP contribution is -2.31. The molecule has 4 nitrogen and oxygen atoms in total. The van der Waals surface area contributed by atoms with Crippen molar-refractivity contribution < 1.29 is 8.42 Å². The van der Waals surface area contributed by atoms with Gasteiger partial charge in [-0.15, -0.1) is 11.3 Å². The molecule has 0 amide bonds. The van der Waals surface area contributed by atoms with Crippen LogP contribution >= 0.6 is 22.9 Å². The van der Waals surface area contributed by atoms with E-state index in [2.05, 4.69) is 0 Å². The van der Waals surface area contributed by atoms with Crippen molar-refractivity contribution in [3.8, 4) is 0 Å². The van der Waals surface area contributed by atoms with Gasteiger partial charge >= 0.3 is 0 Å². The first-order chi connectivity index (χ1) is 11.9. The van der Waals surface area contributed by atoms with Crippen LogP contribution in [0.15, 0.2) is 58.9 Å². The van der Waals surface area contributed by atoms with E-state index in [1.807, 2.05) is 47.5 Å². The minimum absolute atomic E-state index is 0.255. The smallest absolute Gasteiger partial charge is 0.244 e. The van der Waals surface area contributed by atoms with Gasteiger partial charge in [0.2, 0.25) is 10.0 Å². The number of aryl methyl sites for hydroxylation is 2. The normalized spacial score (nSPS) is 12.0. The largest absolute Gasteiger partial charge is 0.353 e. The summed E-state index contributed by atoms with van der Waals surface area (Å²) in [6.07, 6.45) is 1.91. The van der Waals surface area contributed by atoms with Gasteiger partial charge in [-0.3, -0.25) is 0 Å². The van der Waals surface area contributed by atoms with E-state index >= 15 is 0 Å². The number of hydrogen-bond donors (Lipinski definition) is 0. The Balaban J connectivity index is 2.02. The fourth-order valence-corrected chi connectivity index (χ4v) is 5.31. The number of rotatable bonds is 6. The van der Waals surface area contributed by atoms with Crippen LogP contribution < -0.4 is 0 Å². The molecule has 0 saturated carbocycles. The van der Waals surface area contributed by atoms with Crippen LogP contribution in [-0.2, 0) is 30.2 Å². The second-order valence-corrected chi connectivity index (χ2v) is 9.25. The van der Waals surface area contributed by atoms with E-state index in [-0.39, 0.29) is 4.90 Å². The maximum atomic E-state index is 13.3. The minimum Gasteiger partial charge on any atom is -0.353 e. The molecule has 0 radical (unpaired) electrons. The SMILES string of the molecule is Cc1ccc(Cl)cc1S(=O)(=O)N(Cc1cccs1)Cc1cccn1C. The molecular formula is C18H19ClN2O2S2. The van der Waals surface area contributed by atoms with Crippen LogP contribution in [0.5, 0.6) is 0 Å². The van der Waals surface area contributed by atoms with E-state index in [0.717, 1.165) is 10.6 Å².